The Balaban J connectivity index is 1.76. The van der Waals surface area contributed by atoms with Crippen LogP contribution in [0.3, 0.4) is 0 Å². The summed E-state index contributed by atoms with van der Waals surface area (Å²) in [5.74, 6) is 0. The number of hydrogen-bond donors (Lipinski definition) is 2. The quantitative estimate of drug-likeness (QED) is 0.890. The largest absolute Gasteiger partial charge is 0.442 e. The lowest BCUT2D eigenvalue weighted by Crippen LogP contribution is -2.36. The SMILES string of the molecule is CN1CC(CNC(=O)Nc2ccc(Cl)cc2)OC1=O. The fourth-order valence-corrected chi connectivity index (χ4v) is 1.80. The molecule has 1 atom stereocenters. The lowest BCUT2D eigenvalue weighted by molar-refractivity contribution is 0.134. The highest BCUT2D eigenvalue weighted by Crippen LogP contribution is 2.13. The molecule has 0 bridgehead atoms. The summed E-state index contributed by atoms with van der Waals surface area (Å²) < 4.78 is 5.02. The number of urea groups is 1. The van der Waals surface area contributed by atoms with Gasteiger partial charge in [0, 0.05) is 17.8 Å². The summed E-state index contributed by atoms with van der Waals surface area (Å²) in [6.45, 7) is 0.746. The lowest BCUT2D eigenvalue weighted by atomic mass is 10.3. The van der Waals surface area contributed by atoms with E-state index in [1.54, 1.807) is 31.3 Å². The van der Waals surface area contributed by atoms with Gasteiger partial charge >= 0.3 is 12.1 Å². The fourth-order valence-electron chi connectivity index (χ4n) is 1.67. The van der Waals surface area contributed by atoms with E-state index in [-0.39, 0.29) is 24.8 Å². The van der Waals surface area contributed by atoms with E-state index < -0.39 is 0 Å². The van der Waals surface area contributed by atoms with Crippen LogP contribution < -0.4 is 10.6 Å². The van der Waals surface area contributed by atoms with Crippen LogP contribution in [-0.4, -0.2) is 43.3 Å². The Morgan fingerprint density at radius 3 is 2.74 bits per heavy atom. The maximum atomic E-state index is 11.6. The number of cyclic esters (lactones) is 1. The molecule has 1 unspecified atom stereocenters. The monoisotopic (exact) mass is 283 g/mol. The summed E-state index contributed by atoms with van der Waals surface area (Å²) in [6, 6.07) is 6.42. The molecule has 1 saturated heterocycles. The number of halogens is 1. The number of anilines is 1. The molecule has 0 saturated carbocycles. The van der Waals surface area contributed by atoms with Gasteiger partial charge in [-0.15, -0.1) is 0 Å². The molecule has 1 aromatic rings. The van der Waals surface area contributed by atoms with Crippen molar-refractivity contribution in [1.82, 2.24) is 10.2 Å². The zero-order chi connectivity index (χ0) is 13.8. The molecule has 1 fully saturated rings. The summed E-state index contributed by atoms with van der Waals surface area (Å²) in [5, 5.41) is 5.90. The third kappa shape index (κ3) is 3.75. The van der Waals surface area contributed by atoms with E-state index in [1.165, 1.54) is 4.90 Å². The van der Waals surface area contributed by atoms with Crippen LogP contribution in [0.2, 0.25) is 5.02 Å². The van der Waals surface area contributed by atoms with E-state index in [2.05, 4.69) is 10.6 Å². The van der Waals surface area contributed by atoms with Crippen molar-refractivity contribution in [3.8, 4) is 0 Å². The Morgan fingerprint density at radius 2 is 2.16 bits per heavy atom. The maximum absolute atomic E-state index is 11.6. The summed E-state index contributed by atoms with van der Waals surface area (Å²) in [5.41, 5.74) is 0.641. The third-order valence-corrected chi connectivity index (χ3v) is 2.90. The van der Waals surface area contributed by atoms with Crippen molar-refractivity contribution in [2.45, 2.75) is 6.10 Å². The maximum Gasteiger partial charge on any atom is 0.410 e. The minimum atomic E-state index is -0.370. The minimum absolute atomic E-state index is 0.273. The smallest absolute Gasteiger partial charge is 0.410 e. The van der Waals surface area contributed by atoms with E-state index in [0.29, 0.717) is 17.3 Å². The second-order valence-electron chi connectivity index (χ2n) is 4.23. The van der Waals surface area contributed by atoms with Gasteiger partial charge in [0.1, 0.15) is 6.10 Å². The van der Waals surface area contributed by atoms with E-state index in [0.717, 1.165) is 0 Å². The number of nitrogens with one attached hydrogen (secondary N) is 2. The summed E-state index contributed by atoms with van der Waals surface area (Å²) >= 11 is 5.74. The number of carbonyl (C=O) groups excluding carboxylic acids is 2. The van der Waals surface area contributed by atoms with Gasteiger partial charge < -0.3 is 20.3 Å². The van der Waals surface area contributed by atoms with Gasteiger partial charge in [0.05, 0.1) is 13.1 Å². The average molecular weight is 284 g/mol. The summed E-state index contributed by atoms with van der Waals surface area (Å²) in [7, 11) is 1.65. The zero-order valence-corrected chi connectivity index (χ0v) is 11.1. The van der Waals surface area contributed by atoms with Gasteiger partial charge in [-0.1, -0.05) is 11.6 Å². The van der Waals surface area contributed by atoms with Crippen molar-refractivity contribution < 1.29 is 14.3 Å². The van der Waals surface area contributed by atoms with Crippen molar-refractivity contribution in [3.63, 3.8) is 0 Å². The first-order valence-electron chi connectivity index (χ1n) is 5.77. The predicted molar refractivity (Wildman–Crippen MR) is 71.4 cm³/mol. The van der Waals surface area contributed by atoms with Crippen LogP contribution >= 0.6 is 11.6 Å². The molecule has 6 nitrogen and oxygen atoms in total. The first-order chi connectivity index (χ1) is 9.04. The highest BCUT2D eigenvalue weighted by molar-refractivity contribution is 6.30. The standard InChI is InChI=1S/C12H14ClN3O3/c1-16-7-10(19-12(16)18)6-14-11(17)15-9-4-2-8(13)3-5-9/h2-5,10H,6-7H2,1H3,(H2,14,15,17). The van der Waals surface area contributed by atoms with Gasteiger partial charge in [-0.05, 0) is 24.3 Å². The molecule has 1 aromatic carbocycles. The Morgan fingerprint density at radius 1 is 1.47 bits per heavy atom. The number of benzene rings is 1. The molecule has 102 valence electrons. The van der Waals surface area contributed by atoms with Crippen molar-refractivity contribution in [1.29, 1.82) is 0 Å². The van der Waals surface area contributed by atoms with Crippen molar-refractivity contribution in [2.24, 2.45) is 0 Å². The van der Waals surface area contributed by atoms with Gasteiger partial charge in [0.25, 0.3) is 0 Å². The van der Waals surface area contributed by atoms with Crippen LogP contribution in [0.15, 0.2) is 24.3 Å². The van der Waals surface area contributed by atoms with Gasteiger partial charge in [0.2, 0.25) is 0 Å². The van der Waals surface area contributed by atoms with Crippen LogP contribution in [0.4, 0.5) is 15.3 Å². The number of carbonyl (C=O) groups is 2. The predicted octanol–water partition coefficient (Wildman–Crippen LogP) is 1.91. The number of rotatable bonds is 3. The van der Waals surface area contributed by atoms with Crippen LogP contribution in [0.1, 0.15) is 0 Å². The number of likely N-dealkylation sites (N-methyl/N-ethyl adjacent to an activating group) is 1. The Kier molecular flexibility index (Phi) is 4.11. The van der Waals surface area contributed by atoms with E-state index in [9.17, 15) is 9.59 Å². The molecule has 3 amide bonds. The Hall–Kier alpha value is -1.95. The van der Waals surface area contributed by atoms with E-state index >= 15 is 0 Å². The molecule has 2 rings (SSSR count). The molecule has 7 heteroatoms. The highest BCUT2D eigenvalue weighted by atomic mass is 35.5. The molecular weight excluding hydrogens is 270 g/mol. The van der Waals surface area contributed by atoms with E-state index in [1.807, 2.05) is 0 Å². The molecule has 19 heavy (non-hydrogen) atoms. The Bertz CT molecular complexity index is 478. The van der Waals surface area contributed by atoms with Gasteiger partial charge in [0.15, 0.2) is 0 Å². The average Bonchev–Trinajstić information content (AvgIpc) is 2.69. The van der Waals surface area contributed by atoms with Crippen molar-refractivity contribution >= 4 is 29.4 Å². The van der Waals surface area contributed by atoms with Gasteiger partial charge in [-0.25, -0.2) is 9.59 Å². The third-order valence-electron chi connectivity index (χ3n) is 2.65. The van der Waals surface area contributed by atoms with Crippen LogP contribution in [0.25, 0.3) is 0 Å². The first-order valence-corrected chi connectivity index (χ1v) is 6.14. The molecule has 1 aliphatic heterocycles. The fraction of sp³-hybridized carbons (Fsp3) is 0.333. The van der Waals surface area contributed by atoms with Gasteiger partial charge in [-0.3, -0.25) is 0 Å². The molecule has 0 aliphatic carbocycles. The topological polar surface area (TPSA) is 70.7 Å². The van der Waals surface area contributed by atoms with Crippen molar-refractivity contribution in [2.75, 3.05) is 25.5 Å². The number of amides is 3. The zero-order valence-electron chi connectivity index (χ0n) is 10.4. The highest BCUT2D eigenvalue weighted by Gasteiger charge is 2.28. The Labute approximate surface area is 115 Å². The molecule has 1 heterocycles. The normalized spacial score (nSPS) is 18.1. The van der Waals surface area contributed by atoms with Crippen molar-refractivity contribution in [3.05, 3.63) is 29.3 Å². The second-order valence-corrected chi connectivity index (χ2v) is 4.66. The van der Waals surface area contributed by atoms with Crippen LogP contribution in [-0.2, 0) is 4.74 Å². The second kappa shape index (κ2) is 5.79. The summed E-state index contributed by atoms with van der Waals surface area (Å²) in [4.78, 5) is 24.2. The molecule has 0 radical (unpaired) electrons. The number of ether oxygens (including phenoxy) is 1. The molecule has 0 aromatic heterocycles. The lowest BCUT2D eigenvalue weighted by Gasteiger charge is -2.11. The first kappa shape index (κ1) is 13.5. The van der Waals surface area contributed by atoms with Crippen LogP contribution in [0, 0.1) is 0 Å². The van der Waals surface area contributed by atoms with Gasteiger partial charge in [-0.2, -0.15) is 0 Å². The van der Waals surface area contributed by atoms with Crippen LogP contribution in [0.5, 0.6) is 0 Å². The minimum Gasteiger partial charge on any atom is -0.442 e. The molecule has 0 spiro atoms. The molecule has 2 N–H and O–H groups in total. The molecule has 1 aliphatic rings. The number of hydrogen-bond acceptors (Lipinski definition) is 3. The van der Waals surface area contributed by atoms with E-state index in [4.69, 9.17) is 16.3 Å². The summed E-state index contributed by atoms with van der Waals surface area (Å²) in [6.07, 6.45) is -0.682. The number of nitrogens with zero attached hydrogens (tertiary/aromatic N) is 1. The molecular formula is C12H14ClN3O3.